The molecule has 0 aliphatic carbocycles. The van der Waals surface area contributed by atoms with Crippen LogP contribution < -0.4 is 5.32 Å². The van der Waals surface area contributed by atoms with Gasteiger partial charge in [0.1, 0.15) is 0 Å². The molecule has 1 atom stereocenters. The summed E-state index contributed by atoms with van der Waals surface area (Å²) in [5, 5.41) is 12.5. The van der Waals surface area contributed by atoms with E-state index in [2.05, 4.69) is 5.32 Å². The third kappa shape index (κ3) is 6.45. The van der Waals surface area contributed by atoms with Gasteiger partial charge in [0.25, 0.3) is 0 Å². The lowest BCUT2D eigenvalue weighted by molar-refractivity contribution is -0.138. The van der Waals surface area contributed by atoms with Crippen molar-refractivity contribution in [3.05, 3.63) is 34.9 Å². The molecule has 22 heavy (non-hydrogen) atoms. The van der Waals surface area contributed by atoms with E-state index in [1.54, 1.807) is 17.0 Å². The molecule has 0 aromatic heterocycles. The smallest absolute Gasteiger partial charge is 0.317 e. The number of amides is 1. The van der Waals surface area contributed by atoms with Crippen molar-refractivity contribution in [2.75, 3.05) is 19.6 Å². The third-order valence-corrected chi connectivity index (χ3v) is 3.53. The fraction of sp³-hybridized carbons (Fsp3) is 0.500. The second kappa shape index (κ2) is 9.43. The van der Waals surface area contributed by atoms with Gasteiger partial charge in [0.2, 0.25) is 5.91 Å². The summed E-state index contributed by atoms with van der Waals surface area (Å²) >= 11 is 5.87. The zero-order chi connectivity index (χ0) is 16.5. The number of rotatable bonds is 9. The van der Waals surface area contributed by atoms with Gasteiger partial charge in [-0.15, -0.1) is 0 Å². The summed E-state index contributed by atoms with van der Waals surface area (Å²) in [5.41, 5.74) is 0.987. The average molecular weight is 327 g/mol. The molecule has 0 saturated heterocycles. The molecule has 1 aromatic carbocycles. The number of benzene rings is 1. The van der Waals surface area contributed by atoms with Crippen molar-refractivity contribution in [3.8, 4) is 0 Å². The van der Waals surface area contributed by atoms with Crippen LogP contribution in [0.5, 0.6) is 0 Å². The number of carboxylic acids is 1. The number of carbonyl (C=O) groups is 2. The van der Waals surface area contributed by atoms with Crippen LogP contribution in [0, 0.1) is 0 Å². The molecule has 2 N–H and O–H groups in total. The normalized spacial score (nSPS) is 12.2. The Morgan fingerprint density at radius 2 is 1.86 bits per heavy atom. The van der Waals surface area contributed by atoms with Crippen molar-refractivity contribution >= 4 is 23.5 Å². The molecule has 0 spiro atoms. The van der Waals surface area contributed by atoms with Crippen LogP contribution in [0.2, 0.25) is 5.02 Å². The van der Waals surface area contributed by atoms with Crippen LogP contribution in [-0.2, 0) is 9.59 Å². The highest BCUT2D eigenvalue weighted by atomic mass is 35.5. The number of hydrogen-bond donors (Lipinski definition) is 2. The first kappa shape index (κ1) is 18.5. The van der Waals surface area contributed by atoms with E-state index in [9.17, 15) is 9.59 Å². The van der Waals surface area contributed by atoms with E-state index in [4.69, 9.17) is 16.7 Å². The minimum atomic E-state index is -0.925. The highest BCUT2D eigenvalue weighted by Crippen LogP contribution is 2.19. The maximum absolute atomic E-state index is 12.1. The zero-order valence-corrected chi connectivity index (χ0v) is 13.8. The molecule has 1 aromatic rings. The summed E-state index contributed by atoms with van der Waals surface area (Å²) in [7, 11) is 0. The first-order valence-electron chi connectivity index (χ1n) is 7.45. The van der Waals surface area contributed by atoms with E-state index in [1.807, 2.05) is 26.0 Å². The number of aliphatic carboxylic acids is 1. The molecule has 0 bridgehead atoms. The highest BCUT2D eigenvalue weighted by molar-refractivity contribution is 6.30. The summed E-state index contributed by atoms with van der Waals surface area (Å²) in [6.07, 6.45) is 1.55. The Morgan fingerprint density at radius 3 is 2.36 bits per heavy atom. The molecule has 0 radical (unpaired) electrons. The molecular weight excluding hydrogens is 304 g/mol. The van der Waals surface area contributed by atoms with Crippen LogP contribution in [0.15, 0.2) is 24.3 Å². The molecule has 0 aliphatic rings. The molecule has 0 aliphatic heterocycles. The predicted molar refractivity (Wildman–Crippen MR) is 87.0 cm³/mol. The summed E-state index contributed by atoms with van der Waals surface area (Å²) in [4.78, 5) is 24.6. The molecule has 1 rings (SSSR count). The molecule has 1 unspecified atom stereocenters. The van der Waals surface area contributed by atoms with Gasteiger partial charge in [-0.3, -0.25) is 14.5 Å². The number of carbonyl (C=O) groups excluding carboxylic acids is 1. The van der Waals surface area contributed by atoms with Crippen LogP contribution in [-0.4, -0.2) is 41.5 Å². The third-order valence-electron chi connectivity index (χ3n) is 3.28. The first-order valence-corrected chi connectivity index (χ1v) is 7.83. The van der Waals surface area contributed by atoms with Gasteiger partial charge in [0, 0.05) is 5.02 Å². The molecule has 0 saturated carbocycles. The van der Waals surface area contributed by atoms with Crippen LogP contribution in [0.4, 0.5) is 0 Å². The summed E-state index contributed by atoms with van der Waals surface area (Å²) in [6.45, 7) is 4.48. The van der Waals surface area contributed by atoms with Crippen molar-refractivity contribution in [1.29, 1.82) is 0 Å². The lowest BCUT2D eigenvalue weighted by atomic mass is 10.0. The van der Waals surface area contributed by atoms with E-state index < -0.39 is 5.97 Å². The predicted octanol–water partition coefficient (Wildman–Crippen LogP) is 2.70. The van der Waals surface area contributed by atoms with E-state index in [0.29, 0.717) is 11.6 Å². The summed E-state index contributed by atoms with van der Waals surface area (Å²) in [5.74, 6) is -1.09. The lowest BCUT2D eigenvalue weighted by Crippen LogP contribution is -2.41. The van der Waals surface area contributed by atoms with Crippen LogP contribution in [0.3, 0.4) is 0 Å². The van der Waals surface area contributed by atoms with Crippen molar-refractivity contribution < 1.29 is 14.7 Å². The fourth-order valence-electron chi connectivity index (χ4n) is 2.28. The van der Waals surface area contributed by atoms with Gasteiger partial charge in [-0.05, 0) is 37.1 Å². The number of nitrogens with one attached hydrogen (secondary N) is 1. The van der Waals surface area contributed by atoms with Gasteiger partial charge in [0.05, 0.1) is 19.1 Å². The Hall–Kier alpha value is -1.59. The lowest BCUT2D eigenvalue weighted by Gasteiger charge is -2.22. The summed E-state index contributed by atoms with van der Waals surface area (Å²) in [6, 6.07) is 7.26. The summed E-state index contributed by atoms with van der Waals surface area (Å²) < 4.78 is 0. The quantitative estimate of drug-likeness (QED) is 0.732. The largest absolute Gasteiger partial charge is 0.480 e. The van der Waals surface area contributed by atoms with Gasteiger partial charge in [-0.25, -0.2) is 0 Å². The van der Waals surface area contributed by atoms with E-state index in [0.717, 1.165) is 18.4 Å². The number of nitrogens with zero attached hydrogens (tertiary/aromatic N) is 1. The zero-order valence-electron chi connectivity index (χ0n) is 13.0. The van der Waals surface area contributed by atoms with Gasteiger partial charge >= 0.3 is 5.97 Å². The van der Waals surface area contributed by atoms with Crippen LogP contribution >= 0.6 is 11.6 Å². The molecule has 0 fully saturated rings. The number of carboxylic acid groups (broad SMARTS) is 1. The van der Waals surface area contributed by atoms with Crippen molar-refractivity contribution in [2.45, 2.75) is 32.7 Å². The maximum Gasteiger partial charge on any atom is 0.317 e. The molecule has 1 amide bonds. The van der Waals surface area contributed by atoms with Crippen LogP contribution in [0.25, 0.3) is 0 Å². The van der Waals surface area contributed by atoms with E-state index >= 15 is 0 Å². The SMILES string of the molecule is CCCN(CC(=O)O)CC(=O)NC(CC)c1ccc(Cl)cc1. The average Bonchev–Trinajstić information content (AvgIpc) is 2.45. The molecular formula is C16H23ClN2O3. The topological polar surface area (TPSA) is 69.6 Å². The van der Waals surface area contributed by atoms with Crippen molar-refractivity contribution in [3.63, 3.8) is 0 Å². The van der Waals surface area contributed by atoms with Crippen molar-refractivity contribution in [2.24, 2.45) is 0 Å². The van der Waals surface area contributed by atoms with Gasteiger partial charge in [-0.2, -0.15) is 0 Å². The number of hydrogen-bond acceptors (Lipinski definition) is 3. The Labute approximate surface area is 136 Å². The monoisotopic (exact) mass is 326 g/mol. The van der Waals surface area contributed by atoms with E-state index in [1.165, 1.54) is 0 Å². The first-order chi connectivity index (χ1) is 10.5. The Bertz CT molecular complexity index is 491. The standard InChI is InChI=1S/C16H23ClN2O3/c1-3-9-19(11-16(21)22)10-15(20)18-14(4-2)12-5-7-13(17)8-6-12/h5-8,14H,3-4,9-11H2,1-2H3,(H,18,20)(H,21,22). The molecule has 5 nitrogen and oxygen atoms in total. The highest BCUT2D eigenvalue weighted by Gasteiger charge is 2.17. The number of halogens is 1. The Kier molecular flexibility index (Phi) is 7.91. The minimum absolute atomic E-state index is 0.0875. The minimum Gasteiger partial charge on any atom is -0.480 e. The Morgan fingerprint density at radius 1 is 1.23 bits per heavy atom. The van der Waals surface area contributed by atoms with Crippen molar-refractivity contribution in [1.82, 2.24) is 10.2 Å². The van der Waals surface area contributed by atoms with Gasteiger partial charge in [-0.1, -0.05) is 37.6 Å². The molecule has 122 valence electrons. The second-order valence-electron chi connectivity index (χ2n) is 5.18. The van der Waals surface area contributed by atoms with Gasteiger partial charge in [0.15, 0.2) is 0 Å². The fourth-order valence-corrected chi connectivity index (χ4v) is 2.41. The van der Waals surface area contributed by atoms with Crippen LogP contribution in [0.1, 0.15) is 38.3 Å². The van der Waals surface area contributed by atoms with Gasteiger partial charge < -0.3 is 10.4 Å². The molecule has 6 heteroatoms. The Balaban J connectivity index is 2.63. The van der Waals surface area contributed by atoms with E-state index in [-0.39, 0.29) is 25.0 Å². The second-order valence-corrected chi connectivity index (χ2v) is 5.62. The molecule has 0 heterocycles. The maximum atomic E-state index is 12.1.